The maximum atomic E-state index is 11.3. The van der Waals surface area contributed by atoms with Crippen LogP contribution >= 0.6 is 11.3 Å². The minimum absolute atomic E-state index is 0.0504. The predicted octanol–water partition coefficient (Wildman–Crippen LogP) is 3.05. The van der Waals surface area contributed by atoms with Crippen molar-refractivity contribution < 1.29 is 9.53 Å². The standard InChI is InChI=1S/C13H16N2O2S/c1-3-17-13(16)6-9(2)15-10-4-5-11-12(7-10)18-8-14-11/h4-5,7-9,15H,3,6H2,1-2H3. The number of carbonyl (C=O) groups is 1. The molecule has 0 aliphatic rings. The highest BCUT2D eigenvalue weighted by Gasteiger charge is 2.10. The lowest BCUT2D eigenvalue weighted by atomic mass is 10.2. The van der Waals surface area contributed by atoms with E-state index in [1.807, 2.05) is 31.5 Å². The average Bonchev–Trinajstić information content (AvgIpc) is 2.76. The molecule has 0 saturated carbocycles. The molecule has 1 atom stereocenters. The maximum absolute atomic E-state index is 11.3. The van der Waals surface area contributed by atoms with Crippen molar-refractivity contribution in [1.29, 1.82) is 0 Å². The second-order valence-electron chi connectivity index (χ2n) is 4.09. The number of fused-ring (bicyclic) bond motifs is 1. The molecule has 0 aliphatic heterocycles. The Bertz CT molecular complexity index is 539. The van der Waals surface area contributed by atoms with Crippen LogP contribution in [0.1, 0.15) is 20.3 Å². The van der Waals surface area contributed by atoms with Crippen LogP contribution in [0.3, 0.4) is 0 Å². The highest BCUT2D eigenvalue weighted by Crippen LogP contribution is 2.22. The van der Waals surface area contributed by atoms with Gasteiger partial charge in [0.05, 0.1) is 28.8 Å². The molecule has 2 rings (SSSR count). The van der Waals surface area contributed by atoms with Crippen LogP contribution in [0.15, 0.2) is 23.7 Å². The molecule has 0 spiro atoms. The van der Waals surface area contributed by atoms with Gasteiger partial charge in [0.1, 0.15) is 0 Å². The Morgan fingerprint density at radius 3 is 3.17 bits per heavy atom. The molecule has 4 nitrogen and oxygen atoms in total. The third-order valence-electron chi connectivity index (χ3n) is 2.52. The molecule has 0 saturated heterocycles. The van der Waals surface area contributed by atoms with Crippen LogP contribution in [-0.4, -0.2) is 23.6 Å². The number of benzene rings is 1. The predicted molar refractivity (Wildman–Crippen MR) is 74.0 cm³/mol. The summed E-state index contributed by atoms with van der Waals surface area (Å²) in [6, 6.07) is 6.05. The van der Waals surface area contributed by atoms with E-state index < -0.39 is 0 Å². The van der Waals surface area contributed by atoms with Crippen molar-refractivity contribution in [3.05, 3.63) is 23.7 Å². The van der Waals surface area contributed by atoms with Crippen LogP contribution in [0.4, 0.5) is 5.69 Å². The number of aromatic nitrogens is 1. The summed E-state index contributed by atoms with van der Waals surface area (Å²) >= 11 is 1.61. The summed E-state index contributed by atoms with van der Waals surface area (Å²) in [5, 5.41) is 3.29. The summed E-state index contributed by atoms with van der Waals surface area (Å²) in [6.45, 7) is 4.21. The van der Waals surface area contributed by atoms with Crippen molar-refractivity contribution in [2.75, 3.05) is 11.9 Å². The number of ether oxygens (including phenoxy) is 1. The first-order valence-corrected chi connectivity index (χ1v) is 6.82. The molecule has 5 heteroatoms. The Morgan fingerprint density at radius 2 is 2.39 bits per heavy atom. The summed E-state index contributed by atoms with van der Waals surface area (Å²) in [4.78, 5) is 15.6. The molecule has 0 radical (unpaired) electrons. The molecule has 2 aromatic rings. The van der Waals surface area contributed by atoms with Crippen LogP contribution in [-0.2, 0) is 9.53 Å². The molecular formula is C13H16N2O2S. The first kappa shape index (κ1) is 12.8. The second-order valence-corrected chi connectivity index (χ2v) is 4.98. The quantitative estimate of drug-likeness (QED) is 0.843. The Labute approximate surface area is 110 Å². The van der Waals surface area contributed by atoms with Crippen molar-refractivity contribution in [2.24, 2.45) is 0 Å². The number of hydrogen-bond acceptors (Lipinski definition) is 5. The van der Waals surface area contributed by atoms with Gasteiger partial charge in [0.15, 0.2) is 0 Å². The number of hydrogen-bond donors (Lipinski definition) is 1. The van der Waals surface area contributed by atoms with E-state index in [2.05, 4.69) is 16.4 Å². The fourth-order valence-corrected chi connectivity index (χ4v) is 2.47. The molecule has 0 aliphatic carbocycles. The number of thiazole rings is 1. The van der Waals surface area contributed by atoms with Crippen molar-refractivity contribution in [3.8, 4) is 0 Å². The molecule has 18 heavy (non-hydrogen) atoms. The van der Waals surface area contributed by atoms with E-state index in [4.69, 9.17) is 4.74 Å². The average molecular weight is 264 g/mol. The Kier molecular flexibility index (Phi) is 4.15. The summed E-state index contributed by atoms with van der Waals surface area (Å²) in [7, 11) is 0. The van der Waals surface area contributed by atoms with E-state index in [9.17, 15) is 4.79 Å². The minimum Gasteiger partial charge on any atom is -0.466 e. The van der Waals surface area contributed by atoms with Crippen LogP contribution < -0.4 is 5.32 Å². The zero-order valence-corrected chi connectivity index (χ0v) is 11.3. The van der Waals surface area contributed by atoms with Gasteiger partial charge in [-0.3, -0.25) is 4.79 Å². The zero-order valence-electron chi connectivity index (χ0n) is 10.5. The van der Waals surface area contributed by atoms with Gasteiger partial charge >= 0.3 is 5.97 Å². The SMILES string of the molecule is CCOC(=O)CC(C)Nc1ccc2ncsc2c1. The molecule has 0 amide bonds. The molecule has 0 fully saturated rings. The number of nitrogens with zero attached hydrogens (tertiary/aromatic N) is 1. The molecule has 1 unspecified atom stereocenters. The van der Waals surface area contributed by atoms with Crippen LogP contribution in [0.2, 0.25) is 0 Å². The lowest BCUT2D eigenvalue weighted by Crippen LogP contribution is -2.20. The Hall–Kier alpha value is -1.62. The second kappa shape index (κ2) is 5.82. The summed E-state index contributed by atoms with van der Waals surface area (Å²) < 4.78 is 6.06. The molecule has 1 aromatic carbocycles. The summed E-state index contributed by atoms with van der Waals surface area (Å²) in [5.74, 6) is -0.170. The number of anilines is 1. The summed E-state index contributed by atoms with van der Waals surface area (Å²) in [5.41, 5.74) is 3.84. The fraction of sp³-hybridized carbons (Fsp3) is 0.385. The Morgan fingerprint density at radius 1 is 1.56 bits per heavy atom. The van der Waals surface area contributed by atoms with Gasteiger partial charge in [-0.05, 0) is 32.0 Å². The van der Waals surface area contributed by atoms with Gasteiger partial charge in [0, 0.05) is 11.7 Å². The topological polar surface area (TPSA) is 51.2 Å². The van der Waals surface area contributed by atoms with E-state index in [1.165, 1.54) is 0 Å². The molecule has 96 valence electrons. The molecule has 1 aromatic heterocycles. The highest BCUT2D eigenvalue weighted by molar-refractivity contribution is 7.16. The van der Waals surface area contributed by atoms with Crippen molar-refractivity contribution in [1.82, 2.24) is 4.98 Å². The fourth-order valence-electron chi connectivity index (χ4n) is 1.75. The lowest BCUT2D eigenvalue weighted by molar-refractivity contribution is -0.143. The zero-order chi connectivity index (χ0) is 13.0. The highest BCUT2D eigenvalue weighted by atomic mass is 32.1. The van der Waals surface area contributed by atoms with E-state index >= 15 is 0 Å². The number of esters is 1. The van der Waals surface area contributed by atoms with E-state index in [-0.39, 0.29) is 12.0 Å². The first-order valence-electron chi connectivity index (χ1n) is 5.94. The third kappa shape index (κ3) is 3.20. The van der Waals surface area contributed by atoms with E-state index in [1.54, 1.807) is 11.3 Å². The number of rotatable bonds is 5. The first-order chi connectivity index (χ1) is 8.69. The van der Waals surface area contributed by atoms with Gasteiger partial charge in [-0.15, -0.1) is 11.3 Å². The number of nitrogens with one attached hydrogen (secondary N) is 1. The monoisotopic (exact) mass is 264 g/mol. The van der Waals surface area contributed by atoms with Gasteiger partial charge < -0.3 is 10.1 Å². The minimum atomic E-state index is -0.170. The molecule has 0 bridgehead atoms. The molecule has 1 heterocycles. The van der Waals surface area contributed by atoms with Gasteiger partial charge in [-0.1, -0.05) is 0 Å². The maximum Gasteiger partial charge on any atom is 0.307 e. The van der Waals surface area contributed by atoms with Crippen molar-refractivity contribution in [3.63, 3.8) is 0 Å². The Balaban J connectivity index is 1.97. The van der Waals surface area contributed by atoms with Crippen molar-refractivity contribution >= 4 is 33.2 Å². The van der Waals surface area contributed by atoms with E-state index in [0.29, 0.717) is 13.0 Å². The van der Waals surface area contributed by atoms with Crippen LogP contribution in [0, 0.1) is 0 Å². The van der Waals surface area contributed by atoms with Gasteiger partial charge in [-0.25, -0.2) is 4.98 Å². The third-order valence-corrected chi connectivity index (χ3v) is 3.31. The van der Waals surface area contributed by atoms with E-state index in [0.717, 1.165) is 15.9 Å². The van der Waals surface area contributed by atoms with Crippen LogP contribution in [0.5, 0.6) is 0 Å². The largest absolute Gasteiger partial charge is 0.466 e. The molecule has 1 N–H and O–H groups in total. The molecular weight excluding hydrogens is 248 g/mol. The lowest BCUT2D eigenvalue weighted by Gasteiger charge is -2.14. The van der Waals surface area contributed by atoms with Gasteiger partial charge in [0.2, 0.25) is 0 Å². The van der Waals surface area contributed by atoms with Gasteiger partial charge in [-0.2, -0.15) is 0 Å². The van der Waals surface area contributed by atoms with Crippen molar-refractivity contribution in [2.45, 2.75) is 26.3 Å². The van der Waals surface area contributed by atoms with Gasteiger partial charge in [0.25, 0.3) is 0 Å². The summed E-state index contributed by atoms with van der Waals surface area (Å²) in [6.07, 6.45) is 0.370. The smallest absolute Gasteiger partial charge is 0.307 e. The normalized spacial score (nSPS) is 12.3. The number of carbonyl (C=O) groups excluding carboxylic acids is 1. The van der Waals surface area contributed by atoms with Crippen LogP contribution in [0.25, 0.3) is 10.2 Å².